The molecule has 0 bridgehead atoms. The van der Waals surface area contributed by atoms with Gasteiger partial charge in [0, 0.05) is 12.6 Å². The average Bonchev–Trinajstić information content (AvgIpc) is 2.34. The van der Waals surface area contributed by atoms with Gasteiger partial charge in [-0.05, 0) is 51.7 Å². The molecule has 0 aromatic heterocycles. The minimum atomic E-state index is -0.308. The Bertz CT molecular complexity index is 369. The van der Waals surface area contributed by atoms with Crippen molar-refractivity contribution in [3.05, 3.63) is 29.6 Å². The molecule has 1 N–H and O–H groups in total. The molecule has 1 rings (SSSR count). The molecule has 0 saturated carbocycles. The number of halogens is 1. The molecule has 0 aliphatic rings. The fourth-order valence-electron chi connectivity index (χ4n) is 1.67. The van der Waals surface area contributed by atoms with Gasteiger partial charge in [0.25, 0.3) is 0 Å². The monoisotopic (exact) mass is 254 g/mol. The molecule has 0 spiro atoms. The summed E-state index contributed by atoms with van der Waals surface area (Å²) in [6.45, 7) is 3.87. The van der Waals surface area contributed by atoms with Crippen LogP contribution in [0.2, 0.25) is 0 Å². The summed E-state index contributed by atoms with van der Waals surface area (Å²) in [5, 5.41) is 3.38. The number of nitrogens with one attached hydrogen (secondary N) is 1. The van der Waals surface area contributed by atoms with Crippen LogP contribution < -0.4 is 10.1 Å². The zero-order valence-corrected chi connectivity index (χ0v) is 11.7. The van der Waals surface area contributed by atoms with Crippen LogP contribution in [-0.2, 0) is 6.54 Å². The molecule has 0 fully saturated rings. The highest BCUT2D eigenvalue weighted by molar-refractivity contribution is 5.29. The third kappa shape index (κ3) is 5.02. The van der Waals surface area contributed by atoms with Gasteiger partial charge in [0.1, 0.15) is 0 Å². The predicted molar refractivity (Wildman–Crippen MR) is 72.4 cm³/mol. The average molecular weight is 254 g/mol. The van der Waals surface area contributed by atoms with E-state index < -0.39 is 0 Å². The number of nitrogens with zero attached hydrogens (tertiary/aromatic N) is 1. The second-order valence-electron chi connectivity index (χ2n) is 4.84. The summed E-state index contributed by atoms with van der Waals surface area (Å²) in [7, 11) is 5.59. The van der Waals surface area contributed by atoms with Gasteiger partial charge in [-0.1, -0.05) is 6.07 Å². The SMILES string of the molecule is COc1ccc(CNC(C)CCN(C)C)cc1F. The minimum absolute atomic E-state index is 0.291. The van der Waals surface area contributed by atoms with Crippen LogP contribution >= 0.6 is 0 Å². The summed E-state index contributed by atoms with van der Waals surface area (Å²) >= 11 is 0. The van der Waals surface area contributed by atoms with Crippen molar-refractivity contribution in [3.8, 4) is 5.75 Å². The first kappa shape index (κ1) is 14.9. The second kappa shape index (κ2) is 7.34. The smallest absolute Gasteiger partial charge is 0.165 e. The lowest BCUT2D eigenvalue weighted by atomic mass is 10.1. The molecule has 1 atom stereocenters. The molecule has 3 nitrogen and oxygen atoms in total. The number of ether oxygens (including phenoxy) is 1. The maximum Gasteiger partial charge on any atom is 0.165 e. The molecule has 1 aromatic carbocycles. The molecular formula is C14H23FN2O. The van der Waals surface area contributed by atoms with Crippen molar-refractivity contribution in [3.63, 3.8) is 0 Å². The maximum atomic E-state index is 13.5. The van der Waals surface area contributed by atoms with Crippen molar-refractivity contribution in [2.24, 2.45) is 0 Å². The van der Waals surface area contributed by atoms with E-state index in [2.05, 4.69) is 31.2 Å². The Hall–Kier alpha value is -1.13. The van der Waals surface area contributed by atoms with E-state index in [1.807, 2.05) is 6.07 Å². The predicted octanol–water partition coefficient (Wildman–Crippen LogP) is 2.26. The Morgan fingerprint density at radius 2 is 2.11 bits per heavy atom. The Kier molecular flexibility index (Phi) is 6.09. The topological polar surface area (TPSA) is 24.5 Å². The Morgan fingerprint density at radius 3 is 2.67 bits per heavy atom. The Morgan fingerprint density at radius 1 is 1.39 bits per heavy atom. The zero-order valence-electron chi connectivity index (χ0n) is 11.7. The van der Waals surface area contributed by atoms with E-state index in [9.17, 15) is 4.39 Å². The molecule has 0 heterocycles. The molecule has 102 valence electrons. The van der Waals surface area contributed by atoms with E-state index in [1.165, 1.54) is 13.2 Å². The first-order valence-corrected chi connectivity index (χ1v) is 6.23. The second-order valence-corrected chi connectivity index (χ2v) is 4.84. The molecule has 0 aliphatic heterocycles. The van der Waals surface area contributed by atoms with Crippen LogP contribution in [0.25, 0.3) is 0 Å². The first-order chi connectivity index (χ1) is 8.52. The van der Waals surface area contributed by atoms with Gasteiger partial charge in [0.2, 0.25) is 0 Å². The van der Waals surface area contributed by atoms with Crippen LogP contribution in [0.1, 0.15) is 18.9 Å². The van der Waals surface area contributed by atoms with E-state index in [0.29, 0.717) is 18.3 Å². The zero-order chi connectivity index (χ0) is 13.5. The molecular weight excluding hydrogens is 231 g/mol. The van der Waals surface area contributed by atoms with Crippen LogP contribution in [0, 0.1) is 5.82 Å². The summed E-state index contributed by atoms with van der Waals surface area (Å²) < 4.78 is 18.4. The van der Waals surface area contributed by atoms with Crippen molar-refractivity contribution in [1.29, 1.82) is 0 Å². The van der Waals surface area contributed by atoms with E-state index >= 15 is 0 Å². The summed E-state index contributed by atoms with van der Waals surface area (Å²) in [6.07, 6.45) is 1.08. The van der Waals surface area contributed by atoms with Gasteiger partial charge in [-0.15, -0.1) is 0 Å². The van der Waals surface area contributed by atoms with E-state index in [1.54, 1.807) is 6.07 Å². The summed E-state index contributed by atoms with van der Waals surface area (Å²) in [5.74, 6) is -0.0165. The van der Waals surface area contributed by atoms with Crippen molar-refractivity contribution >= 4 is 0 Å². The normalized spacial score (nSPS) is 12.8. The molecule has 0 saturated heterocycles. The lowest BCUT2D eigenvalue weighted by molar-refractivity contribution is 0.365. The standard InChI is InChI=1S/C14H23FN2O/c1-11(7-8-17(2)3)16-10-12-5-6-14(18-4)13(15)9-12/h5-6,9,11,16H,7-8,10H2,1-4H3. The van der Waals surface area contributed by atoms with E-state index in [-0.39, 0.29) is 5.82 Å². The molecule has 18 heavy (non-hydrogen) atoms. The fraction of sp³-hybridized carbons (Fsp3) is 0.571. The number of hydrogen-bond acceptors (Lipinski definition) is 3. The van der Waals surface area contributed by atoms with Crippen molar-refractivity contribution in [2.45, 2.75) is 25.9 Å². The lowest BCUT2D eigenvalue weighted by Crippen LogP contribution is -2.29. The third-order valence-electron chi connectivity index (χ3n) is 2.88. The molecule has 1 aromatic rings. The van der Waals surface area contributed by atoms with Gasteiger partial charge in [-0.25, -0.2) is 4.39 Å². The Balaban J connectivity index is 2.41. The molecule has 0 radical (unpaired) electrons. The van der Waals surface area contributed by atoms with Crippen LogP contribution in [0.3, 0.4) is 0 Å². The highest BCUT2D eigenvalue weighted by Gasteiger charge is 2.05. The summed E-state index contributed by atoms with van der Waals surface area (Å²) in [5.41, 5.74) is 0.935. The van der Waals surface area contributed by atoms with Gasteiger partial charge in [-0.3, -0.25) is 0 Å². The molecule has 4 heteroatoms. The van der Waals surface area contributed by atoms with Gasteiger partial charge in [-0.2, -0.15) is 0 Å². The molecule has 0 aliphatic carbocycles. The van der Waals surface area contributed by atoms with Crippen molar-refractivity contribution < 1.29 is 9.13 Å². The number of hydrogen-bond donors (Lipinski definition) is 1. The number of methoxy groups -OCH3 is 1. The maximum absolute atomic E-state index is 13.5. The van der Waals surface area contributed by atoms with Gasteiger partial charge in [0.05, 0.1) is 7.11 Å². The van der Waals surface area contributed by atoms with Gasteiger partial charge < -0.3 is 15.0 Å². The largest absolute Gasteiger partial charge is 0.494 e. The van der Waals surface area contributed by atoms with E-state index in [4.69, 9.17) is 4.74 Å². The quantitative estimate of drug-likeness (QED) is 0.808. The summed E-state index contributed by atoms with van der Waals surface area (Å²) in [6, 6.07) is 5.48. The first-order valence-electron chi connectivity index (χ1n) is 6.23. The highest BCUT2D eigenvalue weighted by atomic mass is 19.1. The van der Waals surface area contributed by atoms with Crippen LogP contribution in [-0.4, -0.2) is 38.7 Å². The lowest BCUT2D eigenvalue weighted by Gasteiger charge is -2.16. The van der Waals surface area contributed by atoms with Gasteiger partial charge >= 0.3 is 0 Å². The minimum Gasteiger partial charge on any atom is -0.494 e. The number of benzene rings is 1. The van der Waals surface area contributed by atoms with Crippen LogP contribution in [0.15, 0.2) is 18.2 Å². The van der Waals surface area contributed by atoms with Crippen molar-refractivity contribution in [2.75, 3.05) is 27.7 Å². The fourth-order valence-corrected chi connectivity index (χ4v) is 1.67. The van der Waals surface area contributed by atoms with Crippen LogP contribution in [0.5, 0.6) is 5.75 Å². The van der Waals surface area contributed by atoms with Gasteiger partial charge in [0.15, 0.2) is 11.6 Å². The van der Waals surface area contributed by atoms with E-state index in [0.717, 1.165) is 18.5 Å². The molecule has 1 unspecified atom stereocenters. The third-order valence-corrected chi connectivity index (χ3v) is 2.88. The Labute approximate surface area is 109 Å². The number of rotatable bonds is 7. The van der Waals surface area contributed by atoms with Crippen LogP contribution in [0.4, 0.5) is 4.39 Å². The highest BCUT2D eigenvalue weighted by Crippen LogP contribution is 2.17. The summed E-state index contributed by atoms with van der Waals surface area (Å²) in [4.78, 5) is 2.16. The van der Waals surface area contributed by atoms with Crippen molar-refractivity contribution in [1.82, 2.24) is 10.2 Å². The molecule has 0 amide bonds.